The number of benzene rings is 1. The van der Waals surface area contributed by atoms with Crippen molar-refractivity contribution in [2.24, 2.45) is 0 Å². The van der Waals surface area contributed by atoms with Crippen molar-refractivity contribution in [2.45, 2.75) is 38.0 Å². The molecule has 3 aromatic rings. The molecule has 0 N–H and O–H groups in total. The molecule has 2 aliphatic rings. The number of nitrogens with zero attached hydrogens (tertiary/aromatic N) is 3. The molecule has 0 saturated carbocycles. The van der Waals surface area contributed by atoms with E-state index in [1.165, 1.54) is 5.56 Å². The Morgan fingerprint density at radius 2 is 2.15 bits per heavy atom. The van der Waals surface area contributed by atoms with Gasteiger partial charge in [-0.25, -0.2) is 9.97 Å². The molecular formula is C21H21N3O2. The van der Waals surface area contributed by atoms with Crippen LogP contribution in [0.25, 0.3) is 11.0 Å². The molecule has 3 heterocycles. The molecule has 1 aliphatic carbocycles. The van der Waals surface area contributed by atoms with Crippen LogP contribution in [0.15, 0.2) is 40.9 Å². The van der Waals surface area contributed by atoms with E-state index in [2.05, 4.69) is 4.98 Å². The normalized spacial score (nSPS) is 22.1. The van der Waals surface area contributed by atoms with Gasteiger partial charge in [0.15, 0.2) is 5.76 Å². The average Bonchev–Trinajstić information content (AvgIpc) is 3.24. The van der Waals surface area contributed by atoms with Gasteiger partial charge in [-0.2, -0.15) is 0 Å². The summed E-state index contributed by atoms with van der Waals surface area (Å²) < 4.78 is 5.81. The Kier molecular flexibility index (Phi) is 3.39. The van der Waals surface area contributed by atoms with E-state index in [0.717, 1.165) is 54.7 Å². The number of aryl methyl sites for hydroxylation is 2. The molecule has 5 rings (SSSR count). The first-order chi connectivity index (χ1) is 12.6. The first-order valence-corrected chi connectivity index (χ1v) is 9.26. The molecule has 1 aliphatic heterocycles. The molecule has 1 spiro atoms. The molecule has 1 aromatic carbocycles. The van der Waals surface area contributed by atoms with Gasteiger partial charge in [0.05, 0.1) is 5.69 Å². The highest BCUT2D eigenvalue weighted by atomic mass is 16.3. The Bertz CT molecular complexity index is 972. The number of aromatic nitrogens is 2. The maximum Gasteiger partial charge on any atom is 0.289 e. The number of furan rings is 1. The lowest BCUT2D eigenvalue weighted by molar-refractivity contribution is 0.0604. The van der Waals surface area contributed by atoms with Crippen LogP contribution in [0.3, 0.4) is 0 Å². The van der Waals surface area contributed by atoms with Crippen LogP contribution in [-0.4, -0.2) is 33.9 Å². The van der Waals surface area contributed by atoms with Crippen LogP contribution in [-0.2, 0) is 11.8 Å². The smallest absolute Gasteiger partial charge is 0.289 e. The van der Waals surface area contributed by atoms with Crippen LogP contribution < -0.4 is 0 Å². The predicted octanol–water partition coefficient (Wildman–Crippen LogP) is 3.65. The van der Waals surface area contributed by atoms with E-state index >= 15 is 0 Å². The maximum atomic E-state index is 13.1. The molecule has 1 amide bonds. The van der Waals surface area contributed by atoms with Gasteiger partial charge in [-0.3, -0.25) is 4.79 Å². The monoisotopic (exact) mass is 347 g/mol. The number of carbonyl (C=O) groups is 1. The largest absolute Gasteiger partial charge is 0.451 e. The van der Waals surface area contributed by atoms with Crippen molar-refractivity contribution in [2.75, 3.05) is 13.1 Å². The van der Waals surface area contributed by atoms with Crippen molar-refractivity contribution in [1.82, 2.24) is 14.9 Å². The lowest BCUT2D eigenvalue weighted by Gasteiger charge is -2.40. The van der Waals surface area contributed by atoms with Gasteiger partial charge in [-0.1, -0.05) is 18.2 Å². The zero-order valence-corrected chi connectivity index (χ0v) is 14.9. The van der Waals surface area contributed by atoms with E-state index in [1.807, 2.05) is 48.4 Å². The van der Waals surface area contributed by atoms with Gasteiger partial charge >= 0.3 is 0 Å². The van der Waals surface area contributed by atoms with Gasteiger partial charge < -0.3 is 9.32 Å². The fraction of sp³-hybridized carbons (Fsp3) is 0.381. The Morgan fingerprint density at radius 1 is 1.27 bits per heavy atom. The Labute approximate surface area is 152 Å². The second-order valence-corrected chi connectivity index (χ2v) is 7.55. The highest BCUT2D eigenvalue weighted by molar-refractivity contribution is 5.96. The summed E-state index contributed by atoms with van der Waals surface area (Å²) in [5.41, 5.74) is 3.14. The molecule has 1 saturated heterocycles. The van der Waals surface area contributed by atoms with Gasteiger partial charge in [-0.05, 0) is 50.3 Å². The molecule has 1 fully saturated rings. The molecule has 5 nitrogen and oxygen atoms in total. The number of fused-ring (bicyclic) bond motifs is 3. The maximum absolute atomic E-state index is 13.1. The summed E-state index contributed by atoms with van der Waals surface area (Å²) in [5, 5.41) is 0.970. The molecule has 2 aromatic heterocycles. The van der Waals surface area contributed by atoms with Crippen molar-refractivity contribution < 1.29 is 9.21 Å². The lowest BCUT2D eigenvalue weighted by atomic mass is 9.77. The van der Waals surface area contributed by atoms with Crippen LogP contribution in [0.1, 0.15) is 46.9 Å². The highest BCUT2D eigenvalue weighted by Crippen LogP contribution is 2.44. The van der Waals surface area contributed by atoms with Crippen molar-refractivity contribution in [3.8, 4) is 0 Å². The predicted molar refractivity (Wildman–Crippen MR) is 98.1 cm³/mol. The SMILES string of the molecule is Cc1ncc2c(n1)C1(CCCN(C(=O)c3cc4ccccc4o3)C1)CC2. The molecular weight excluding hydrogens is 326 g/mol. The standard InChI is InChI=1S/C21H21N3O2/c1-14-22-12-16-7-9-21(19(16)23-14)8-4-10-24(13-21)20(25)18-11-15-5-2-3-6-17(15)26-18/h2-3,5-6,11-12H,4,7-10,13H2,1H3. The number of para-hydroxylation sites is 1. The summed E-state index contributed by atoms with van der Waals surface area (Å²) in [6, 6.07) is 9.61. The minimum Gasteiger partial charge on any atom is -0.451 e. The van der Waals surface area contributed by atoms with Crippen LogP contribution in [0.5, 0.6) is 0 Å². The highest BCUT2D eigenvalue weighted by Gasteiger charge is 2.45. The summed E-state index contributed by atoms with van der Waals surface area (Å²) in [6.45, 7) is 3.43. The first kappa shape index (κ1) is 15.6. The molecule has 5 heteroatoms. The quantitative estimate of drug-likeness (QED) is 0.674. The Morgan fingerprint density at radius 3 is 3.04 bits per heavy atom. The Hall–Kier alpha value is -2.69. The van der Waals surface area contributed by atoms with Crippen molar-refractivity contribution in [3.05, 3.63) is 59.4 Å². The van der Waals surface area contributed by atoms with E-state index in [1.54, 1.807) is 0 Å². The van der Waals surface area contributed by atoms with Crippen LogP contribution in [0.2, 0.25) is 0 Å². The zero-order chi connectivity index (χ0) is 17.7. The van der Waals surface area contributed by atoms with Crippen LogP contribution in [0, 0.1) is 6.92 Å². The van der Waals surface area contributed by atoms with Crippen LogP contribution >= 0.6 is 0 Å². The zero-order valence-electron chi connectivity index (χ0n) is 14.9. The summed E-state index contributed by atoms with van der Waals surface area (Å²) in [4.78, 5) is 24.1. The van der Waals surface area contributed by atoms with E-state index < -0.39 is 0 Å². The Balaban J connectivity index is 1.46. The van der Waals surface area contributed by atoms with E-state index in [4.69, 9.17) is 9.40 Å². The number of amides is 1. The average molecular weight is 347 g/mol. The molecule has 1 atom stereocenters. The molecule has 0 radical (unpaired) electrons. The van der Waals surface area contributed by atoms with E-state index in [-0.39, 0.29) is 11.3 Å². The molecule has 132 valence electrons. The third-order valence-electron chi connectivity index (χ3n) is 5.86. The first-order valence-electron chi connectivity index (χ1n) is 9.26. The summed E-state index contributed by atoms with van der Waals surface area (Å²) in [6.07, 6.45) is 6.09. The minimum absolute atomic E-state index is 0.0143. The summed E-state index contributed by atoms with van der Waals surface area (Å²) in [7, 11) is 0. The fourth-order valence-corrected chi connectivity index (χ4v) is 4.57. The lowest BCUT2D eigenvalue weighted by Crippen LogP contribution is -2.47. The third kappa shape index (κ3) is 2.34. The number of piperidine rings is 1. The van der Waals surface area contributed by atoms with Gasteiger partial charge in [0.25, 0.3) is 5.91 Å². The van der Waals surface area contributed by atoms with Gasteiger partial charge in [0.2, 0.25) is 0 Å². The number of hydrogen-bond acceptors (Lipinski definition) is 4. The molecule has 26 heavy (non-hydrogen) atoms. The summed E-state index contributed by atoms with van der Waals surface area (Å²) >= 11 is 0. The fourth-order valence-electron chi connectivity index (χ4n) is 4.57. The minimum atomic E-state index is -0.0248. The van der Waals surface area contributed by atoms with E-state index in [9.17, 15) is 4.79 Å². The molecule has 1 unspecified atom stereocenters. The van der Waals surface area contributed by atoms with Crippen molar-refractivity contribution >= 4 is 16.9 Å². The van der Waals surface area contributed by atoms with Crippen molar-refractivity contribution in [3.63, 3.8) is 0 Å². The molecule has 0 bridgehead atoms. The second-order valence-electron chi connectivity index (χ2n) is 7.55. The van der Waals surface area contributed by atoms with Gasteiger partial charge in [0, 0.05) is 30.1 Å². The number of rotatable bonds is 1. The topological polar surface area (TPSA) is 59.2 Å². The second kappa shape index (κ2) is 5.66. The van der Waals surface area contributed by atoms with E-state index in [0.29, 0.717) is 12.3 Å². The van der Waals surface area contributed by atoms with Crippen molar-refractivity contribution in [1.29, 1.82) is 0 Å². The number of carbonyl (C=O) groups excluding carboxylic acids is 1. The van der Waals surface area contributed by atoms with Gasteiger partial charge in [-0.15, -0.1) is 0 Å². The number of hydrogen-bond donors (Lipinski definition) is 0. The summed E-state index contributed by atoms with van der Waals surface area (Å²) in [5.74, 6) is 1.23. The number of likely N-dealkylation sites (tertiary alicyclic amines) is 1. The third-order valence-corrected chi connectivity index (χ3v) is 5.86. The van der Waals surface area contributed by atoms with Gasteiger partial charge in [0.1, 0.15) is 11.4 Å². The van der Waals surface area contributed by atoms with Crippen LogP contribution in [0.4, 0.5) is 0 Å².